The first-order valence-corrected chi connectivity index (χ1v) is 9.79. The molecule has 0 spiro atoms. The number of benzene rings is 1. The molecule has 1 saturated heterocycles. The summed E-state index contributed by atoms with van der Waals surface area (Å²) in [4.78, 5) is 14.8. The lowest BCUT2D eigenvalue weighted by Gasteiger charge is -2.33. The van der Waals surface area contributed by atoms with E-state index in [0.717, 1.165) is 38.9 Å². The van der Waals surface area contributed by atoms with E-state index in [1.165, 1.54) is 23.5 Å². The molecule has 144 valence electrons. The minimum Gasteiger partial charge on any atom is -0.619 e. The van der Waals surface area contributed by atoms with Gasteiger partial charge in [0.1, 0.15) is 5.56 Å². The van der Waals surface area contributed by atoms with E-state index in [9.17, 15) is 10.0 Å². The molecule has 1 aromatic carbocycles. The summed E-state index contributed by atoms with van der Waals surface area (Å²) in [5, 5.41) is 14.4. The van der Waals surface area contributed by atoms with Gasteiger partial charge in [-0.15, -0.1) is 0 Å². The zero-order valence-electron chi connectivity index (χ0n) is 16.2. The van der Waals surface area contributed by atoms with Crippen LogP contribution in [0, 0.1) is 11.1 Å². The Morgan fingerprint density at radius 2 is 2.00 bits per heavy atom. The summed E-state index contributed by atoms with van der Waals surface area (Å²) in [5.41, 5.74) is 3.10. The molecule has 1 fully saturated rings. The van der Waals surface area contributed by atoms with Crippen LogP contribution in [0.1, 0.15) is 48.2 Å². The number of hydrogen-bond donors (Lipinski definition) is 1. The molecule has 1 aliphatic rings. The van der Waals surface area contributed by atoms with E-state index >= 15 is 0 Å². The highest BCUT2D eigenvalue weighted by Crippen LogP contribution is 2.16. The normalized spacial score (nSPS) is 17.8. The van der Waals surface area contributed by atoms with Gasteiger partial charge in [-0.1, -0.05) is 38.1 Å². The summed E-state index contributed by atoms with van der Waals surface area (Å²) < 4.78 is 0.658. The zero-order chi connectivity index (χ0) is 19.2. The summed E-state index contributed by atoms with van der Waals surface area (Å²) in [6, 6.07) is 12.3. The van der Waals surface area contributed by atoms with Crippen LogP contribution in [0.3, 0.4) is 0 Å². The molecule has 3 rings (SSSR count). The highest BCUT2D eigenvalue weighted by Gasteiger charge is 2.22. The zero-order valence-corrected chi connectivity index (χ0v) is 16.2. The molecule has 1 unspecified atom stereocenters. The Kier molecular flexibility index (Phi) is 6.45. The SMILES string of the molecule is CC(C)Cc1ccc(CN2CCCC(NC(=O)c3ccc[n+]([O-])c3)C2)cc1. The maximum atomic E-state index is 12.4. The average molecular weight is 367 g/mol. The first kappa shape index (κ1) is 19.4. The number of nitrogens with zero attached hydrogens (tertiary/aromatic N) is 2. The van der Waals surface area contributed by atoms with E-state index in [-0.39, 0.29) is 11.9 Å². The number of pyridine rings is 1. The van der Waals surface area contributed by atoms with E-state index in [2.05, 4.69) is 48.3 Å². The summed E-state index contributed by atoms with van der Waals surface area (Å²) >= 11 is 0. The molecular weight excluding hydrogens is 338 g/mol. The third-order valence-electron chi connectivity index (χ3n) is 4.95. The maximum Gasteiger partial charge on any atom is 0.257 e. The number of likely N-dealkylation sites (tertiary alicyclic amines) is 1. The number of piperidine rings is 1. The van der Waals surface area contributed by atoms with Crippen LogP contribution < -0.4 is 10.0 Å². The molecular formula is C22H29N3O2. The third kappa shape index (κ3) is 5.79. The van der Waals surface area contributed by atoms with Gasteiger partial charge in [0.05, 0.1) is 0 Å². The van der Waals surface area contributed by atoms with E-state index < -0.39 is 0 Å². The predicted octanol–water partition coefficient (Wildman–Crippen LogP) is 2.91. The van der Waals surface area contributed by atoms with Gasteiger partial charge < -0.3 is 10.5 Å². The van der Waals surface area contributed by atoms with Gasteiger partial charge in [0.2, 0.25) is 0 Å². The molecule has 1 amide bonds. The van der Waals surface area contributed by atoms with Crippen molar-refractivity contribution < 1.29 is 9.52 Å². The quantitative estimate of drug-likeness (QED) is 0.631. The number of hydrogen-bond acceptors (Lipinski definition) is 3. The van der Waals surface area contributed by atoms with E-state index in [4.69, 9.17) is 0 Å². The van der Waals surface area contributed by atoms with Gasteiger partial charge in [-0.05, 0) is 48.9 Å². The Morgan fingerprint density at radius 3 is 2.70 bits per heavy atom. The largest absolute Gasteiger partial charge is 0.619 e. The Labute approximate surface area is 161 Å². The van der Waals surface area contributed by atoms with Gasteiger partial charge in [0.15, 0.2) is 12.4 Å². The van der Waals surface area contributed by atoms with Crippen LogP contribution in [-0.4, -0.2) is 29.9 Å². The minimum absolute atomic E-state index is 0.117. The first-order chi connectivity index (χ1) is 13.0. The third-order valence-corrected chi connectivity index (χ3v) is 4.95. The molecule has 5 nitrogen and oxygen atoms in total. The fraction of sp³-hybridized carbons (Fsp3) is 0.455. The molecule has 1 aromatic heterocycles. The Hall–Kier alpha value is -2.40. The fourth-order valence-electron chi connectivity index (χ4n) is 3.69. The van der Waals surface area contributed by atoms with Crippen molar-refractivity contribution in [1.82, 2.24) is 10.2 Å². The van der Waals surface area contributed by atoms with E-state index in [1.54, 1.807) is 12.1 Å². The van der Waals surface area contributed by atoms with Crippen LogP contribution in [-0.2, 0) is 13.0 Å². The van der Waals surface area contributed by atoms with Crippen molar-refractivity contribution in [3.63, 3.8) is 0 Å². The molecule has 1 aliphatic heterocycles. The predicted molar refractivity (Wildman–Crippen MR) is 106 cm³/mol. The second kappa shape index (κ2) is 9.00. The Bertz CT molecular complexity index is 758. The maximum absolute atomic E-state index is 12.4. The highest BCUT2D eigenvalue weighted by atomic mass is 16.5. The van der Waals surface area contributed by atoms with Crippen molar-refractivity contribution in [2.45, 2.75) is 45.7 Å². The van der Waals surface area contributed by atoms with Crippen LogP contribution in [0.25, 0.3) is 0 Å². The molecule has 2 heterocycles. The van der Waals surface area contributed by atoms with Gasteiger partial charge in [0.25, 0.3) is 5.91 Å². The minimum atomic E-state index is -0.176. The van der Waals surface area contributed by atoms with Gasteiger partial charge in [-0.25, -0.2) is 0 Å². The molecule has 0 radical (unpaired) electrons. The average Bonchev–Trinajstić information content (AvgIpc) is 2.63. The molecule has 0 saturated carbocycles. The molecule has 5 heteroatoms. The number of amides is 1. The molecule has 0 aliphatic carbocycles. The van der Waals surface area contributed by atoms with E-state index in [1.807, 2.05) is 0 Å². The number of nitrogens with one attached hydrogen (secondary N) is 1. The smallest absolute Gasteiger partial charge is 0.257 e. The standard InChI is InChI=1S/C22H29N3O2/c1-17(2)13-18-7-9-19(10-8-18)14-24-11-4-6-21(16-24)23-22(26)20-5-3-12-25(27)15-20/h3,5,7-10,12,15,17,21H,4,6,11,13-14,16H2,1-2H3,(H,23,26). The number of rotatable bonds is 6. The lowest BCUT2D eigenvalue weighted by atomic mass is 10.0. The summed E-state index contributed by atoms with van der Waals surface area (Å²) in [5.74, 6) is 0.494. The lowest BCUT2D eigenvalue weighted by molar-refractivity contribution is -0.605. The summed E-state index contributed by atoms with van der Waals surface area (Å²) in [6.07, 6.45) is 5.84. The first-order valence-electron chi connectivity index (χ1n) is 9.79. The second-order valence-corrected chi connectivity index (χ2v) is 7.91. The van der Waals surface area contributed by atoms with Crippen LogP contribution in [0.5, 0.6) is 0 Å². The molecule has 1 N–H and O–H groups in total. The van der Waals surface area contributed by atoms with Gasteiger partial charge in [-0.2, -0.15) is 4.73 Å². The Balaban J connectivity index is 1.54. The van der Waals surface area contributed by atoms with Crippen LogP contribution in [0.2, 0.25) is 0 Å². The molecule has 27 heavy (non-hydrogen) atoms. The Morgan fingerprint density at radius 1 is 1.26 bits per heavy atom. The van der Waals surface area contributed by atoms with Crippen molar-refractivity contribution in [3.05, 3.63) is 70.7 Å². The second-order valence-electron chi connectivity index (χ2n) is 7.91. The van der Waals surface area contributed by atoms with E-state index in [0.29, 0.717) is 16.2 Å². The van der Waals surface area contributed by atoms with Gasteiger partial charge >= 0.3 is 0 Å². The van der Waals surface area contributed by atoms with Gasteiger partial charge in [0, 0.05) is 25.2 Å². The number of carbonyl (C=O) groups excluding carboxylic acids is 1. The van der Waals surface area contributed by atoms with Crippen molar-refractivity contribution >= 4 is 5.91 Å². The number of carbonyl (C=O) groups is 1. The van der Waals surface area contributed by atoms with Crippen molar-refractivity contribution in [2.24, 2.45) is 5.92 Å². The summed E-state index contributed by atoms with van der Waals surface area (Å²) in [7, 11) is 0. The topological polar surface area (TPSA) is 59.3 Å². The number of aromatic nitrogens is 1. The monoisotopic (exact) mass is 367 g/mol. The van der Waals surface area contributed by atoms with Crippen molar-refractivity contribution in [3.8, 4) is 0 Å². The van der Waals surface area contributed by atoms with Gasteiger partial charge in [-0.3, -0.25) is 9.69 Å². The highest BCUT2D eigenvalue weighted by molar-refractivity contribution is 5.93. The van der Waals surface area contributed by atoms with Crippen LogP contribution in [0.4, 0.5) is 0 Å². The molecule has 0 bridgehead atoms. The van der Waals surface area contributed by atoms with Crippen molar-refractivity contribution in [2.75, 3.05) is 13.1 Å². The lowest BCUT2D eigenvalue weighted by Crippen LogP contribution is -2.47. The molecule has 2 aromatic rings. The summed E-state index contributed by atoms with van der Waals surface area (Å²) in [6.45, 7) is 7.26. The van der Waals surface area contributed by atoms with Crippen LogP contribution in [0.15, 0.2) is 48.8 Å². The van der Waals surface area contributed by atoms with Crippen molar-refractivity contribution in [1.29, 1.82) is 0 Å². The fourth-order valence-corrected chi connectivity index (χ4v) is 3.69. The molecule has 1 atom stereocenters. The van der Waals surface area contributed by atoms with Crippen LogP contribution >= 0.6 is 0 Å².